The Hall–Kier alpha value is -3.15. The second-order valence-electron chi connectivity index (χ2n) is 7.10. The van der Waals surface area contributed by atoms with Crippen molar-refractivity contribution >= 4 is 33.2 Å². The lowest BCUT2D eigenvalue weighted by molar-refractivity contribution is 0.0596. The summed E-state index contributed by atoms with van der Waals surface area (Å²) in [5.41, 5.74) is 4.13. The highest BCUT2D eigenvalue weighted by Gasteiger charge is 2.38. The number of sulfonamides is 1. The predicted octanol–water partition coefficient (Wildman–Crippen LogP) is 2.22. The molecule has 32 heavy (non-hydrogen) atoms. The summed E-state index contributed by atoms with van der Waals surface area (Å²) in [5, 5.41) is 1.73. The second kappa shape index (κ2) is 9.15. The standard InChI is InChI=1S/C21H20N4O5S2/c1-30-21(27)16-5-2-3-7-19(16)32(28,29)25(24-20(26)18-6-4-10-31-18)15-8-9-17-14(11-15)12-22-13-23-17/h2-7,10,12-13,15H,8-9,11H2,1H3,(H,24,26). The Kier molecular flexibility index (Phi) is 6.31. The molecule has 0 saturated heterocycles. The number of benzene rings is 1. The van der Waals surface area contributed by atoms with Gasteiger partial charge in [0.05, 0.1) is 28.5 Å². The number of rotatable bonds is 6. The van der Waals surface area contributed by atoms with Gasteiger partial charge in [0.1, 0.15) is 6.33 Å². The highest BCUT2D eigenvalue weighted by molar-refractivity contribution is 7.89. The molecule has 4 rings (SSSR count). The first-order valence-electron chi connectivity index (χ1n) is 9.76. The van der Waals surface area contributed by atoms with E-state index in [0.29, 0.717) is 24.1 Å². The highest BCUT2D eigenvalue weighted by Crippen LogP contribution is 2.28. The van der Waals surface area contributed by atoms with Crippen molar-refractivity contribution in [3.05, 3.63) is 76.0 Å². The fourth-order valence-electron chi connectivity index (χ4n) is 3.63. The number of carbonyl (C=O) groups is 2. The summed E-state index contributed by atoms with van der Waals surface area (Å²) >= 11 is 1.20. The maximum absolute atomic E-state index is 13.8. The fraction of sp³-hybridized carbons (Fsp3) is 0.238. The largest absolute Gasteiger partial charge is 0.465 e. The van der Waals surface area contributed by atoms with Crippen LogP contribution in [0.5, 0.6) is 0 Å². The molecule has 1 amide bonds. The average Bonchev–Trinajstić information content (AvgIpc) is 3.36. The van der Waals surface area contributed by atoms with E-state index in [-0.39, 0.29) is 10.5 Å². The molecule has 3 aromatic rings. The quantitative estimate of drug-likeness (QED) is 0.432. The number of hydrogen-bond donors (Lipinski definition) is 1. The van der Waals surface area contributed by atoms with Crippen molar-refractivity contribution in [2.75, 3.05) is 7.11 Å². The molecule has 2 aromatic heterocycles. The zero-order chi connectivity index (χ0) is 22.7. The number of aromatic nitrogens is 2. The highest BCUT2D eigenvalue weighted by atomic mass is 32.2. The van der Waals surface area contributed by atoms with Gasteiger partial charge < -0.3 is 4.74 Å². The maximum Gasteiger partial charge on any atom is 0.339 e. The van der Waals surface area contributed by atoms with Gasteiger partial charge in [0.25, 0.3) is 15.9 Å². The molecule has 0 aliphatic heterocycles. The van der Waals surface area contributed by atoms with Crippen molar-refractivity contribution in [1.29, 1.82) is 0 Å². The summed E-state index contributed by atoms with van der Waals surface area (Å²) in [6.45, 7) is 0. The normalized spacial score (nSPS) is 15.8. The van der Waals surface area contributed by atoms with E-state index in [0.717, 1.165) is 15.7 Å². The number of carbonyl (C=O) groups excluding carboxylic acids is 2. The lowest BCUT2D eigenvalue weighted by Crippen LogP contribution is -2.53. The Bertz CT molecular complexity index is 1240. The molecular weight excluding hydrogens is 452 g/mol. The molecule has 2 heterocycles. The molecular formula is C21H20N4O5S2. The first kappa shape index (κ1) is 22.1. The Morgan fingerprint density at radius 1 is 1.22 bits per heavy atom. The van der Waals surface area contributed by atoms with Crippen LogP contribution in [0.15, 0.2) is 59.2 Å². The van der Waals surface area contributed by atoms with Gasteiger partial charge in [0.2, 0.25) is 0 Å². The van der Waals surface area contributed by atoms with E-state index >= 15 is 0 Å². The Labute approximate surface area is 189 Å². The fourth-order valence-corrected chi connectivity index (χ4v) is 5.91. The van der Waals surface area contributed by atoms with Crippen molar-refractivity contribution in [2.24, 2.45) is 0 Å². The van der Waals surface area contributed by atoms with Crippen molar-refractivity contribution in [1.82, 2.24) is 19.8 Å². The van der Waals surface area contributed by atoms with E-state index < -0.39 is 27.9 Å². The average molecular weight is 473 g/mol. The minimum atomic E-state index is -4.31. The smallest absolute Gasteiger partial charge is 0.339 e. The molecule has 11 heteroatoms. The zero-order valence-electron chi connectivity index (χ0n) is 17.1. The number of methoxy groups -OCH3 is 1. The lowest BCUT2D eigenvalue weighted by Gasteiger charge is -2.33. The van der Waals surface area contributed by atoms with Crippen LogP contribution in [0.1, 0.15) is 37.7 Å². The Morgan fingerprint density at radius 2 is 2.03 bits per heavy atom. The SMILES string of the molecule is COC(=O)c1ccccc1S(=O)(=O)N(NC(=O)c1cccs1)C1CCc2ncncc2C1. The van der Waals surface area contributed by atoms with Crippen LogP contribution in [-0.2, 0) is 27.6 Å². The number of hydrogen-bond acceptors (Lipinski definition) is 8. The molecule has 166 valence electrons. The minimum Gasteiger partial charge on any atom is -0.465 e. The van der Waals surface area contributed by atoms with Crippen LogP contribution in [0.2, 0.25) is 0 Å². The molecule has 0 spiro atoms. The molecule has 1 atom stereocenters. The third kappa shape index (κ3) is 4.27. The van der Waals surface area contributed by atoms with Crippen LogP contribution in [0.25, 0.3) is 0 Å². The van der Waals surface area contributed by atoms with Gasteiger partial charge >= 0.3 is 5.97 Å². The van der Waals surface area contributed by atoms with Crippen molar-refractivity contribution in [3.63, 3.8) is 0 Å². The number of ether oxygens (including phenoxy) is 1. The van der Waals surface area contributed by atoms with Crippen molar-refractivity contribution in [3.8, 4) is 0 Å². The molecule has 0 saturated carbocycles. The van der Waals surface area contributed by atoms with Gasteiger partial charge in [-0.3, -0.25) is 10.2 Å². The summed E-state index contributed by atoms with van der Waals surface area (Å²) in [4.78, 5) is 33.5. The summed E-state index contributed by atoms with van der Waals surface area (Å²) in [6, 6.07) is 8.49. The van der Waals surface area contributed by atoms with Gasteiger partial charge in [-0.1, -0.05) is 18.2 Å². The van der Waals surface area contributed by atoms with Gasteiger partial charge in [-0.25, -0.2) is 23.2 Å². The topological polar surface area (TPSA) is 119 Å². The monoisotopic (exact) mass is 472 g/mol. The van der Waals surface area contributed by atoms with Crippen LogP contribution < -0.4 is 5.43 Å². The number of aryl methyl sites for hydroxylation is 1. The Balaban J connectivity index is 1.76. The van der Waals surface area contributed by atoms with E-state index in [4.69, 9.17) is 4.74 Å². The van der Waals surface area contributed by atoms with E-state index in [9.17, 15) is 18.0 Å². The molecule has 0 radical (unpaired) electrons. The van der Waals surface area contributed by atoms with Gasteiger partial charge in [-0.15, -0.1) is 15.8 Å². The van der Waals surface area contributed by atoms with Crippen LogP contribution in [0.4, 0.5) is 0 Å². The molecule has 1 N–H and O–H groups in total. The van der Waals surface area contributed by atoms with Crippen LogP contribution in [0, 0.1) is 0 Å². The number of thiophene rings is 1. The number of fused-ring (bicyclic) bond motifs is 1. The first-order chi connectivity index (χ1) is 15.4. The summed E-state index contributed by atoms with van der Waals surface area (Å²) in [6.07, 6.45) is 4.40. The number of esters is 1. The first-order valence-corrected chi connectivity index (χ1v) is 12.1. The maximum atomic E-state index is 13.8. The third-order valence-electron chi connectivity index (χ3n) is 5.17. The number of hydrazine groups is 1. The van der Waals surface area contributed by atoms with E-state index in [1.165, 1.54) is 43.0 Å². The molecule has 9 nitrogen and oxygen atoms in total. The predicted molar refractivity (Wildman–Crippen MR) is 116 cm³/mol. The van der Waals surface area contributed by atoms with Gasteiger partial charge in [0.15, 0.2) is 0 Å². The van der Waals surface area contributed by atoms with Crippen LogP contribution >= 0.6 is 11.3 Å². The number of amides is 1. The number of nitrogens with zero attached hydrogens (tertiary/aromatic N) is 3. The summed E-state index contributed by atoms with van der Waals surface area (Å²) in [7, 11) is -3.13. The summed E-state index contributed by atoms with van der Waals surface area (Å²) in [5.74, 6) is -1.33. The van der Waals surface area contributed by atoms with Crippen LogP contribution in [0.3, 0.4) is 0 Å². The molecule has 0 bridgehead atoms. The molecule has 0 fully saturated rings. The molecule has 1 aliphatic rings. The number of nitrogens with one attached hydrogen (secondary N) is 1. The zero-order valence-corrected chi connectivity index (χ0v) is 18.7. The van der Waals surface area contributed by atoms with Crippen molar-refractivity contribution < 1.29 is 22.7 Å². The Morgan fingerprint density at radius 3 is 2.78 bits per heavy atom. The minimum absolute atomic E-state index is 0.107. The van der Waals surface area contributed by atoms with Gasteiger partial charge in [0, 0.05) is 11.9 Å². The van der Waals surface area contributed by atoms with E-state index in [2.05, 4.69) is 15.4 Å². The van der Waals surface area contributed by atoms with Crippen LogP contribution in [-0.4, -0.2) is 47.8 Å². The third-order valence-corrected chi connectivity index (χ3v) is 7.86. The van der Waals surface area contributed by atoms with Gasteiger partial charge in [-0.05, 0) is 48.4 Å². The van der Waals surface area contributed by atoms with Gasteiger partial charge in [-0.2, -0.15) is 0 Å². The van der Waals surface area contributed by atoms with Crippen molar-refractivity contribution in [2.45, 2.75) is 30.2 Å². The second-order valence-corrected chi connectivity index (χ2v) is 9.83. The van der Waals surface area contributed by atoms with E-state index in [1.54, 1.807) is 29.8 Å². The summed E-state index contributed by atoms with van der Waals surface area (Å²) < 4.78 is 33.3. The lowest BCUT2D eigenvalue weighted by atomic mass is 9.93. The molecule has 1 unspecified atom stereocenters. The van der Waals surface area contributed by atoms with E-state index in [1.807, 2.05) is 0 Å². The molecule has 1 aromatic carbocycles. The molecule has 1 aliphatic carbocycles.